The Hall–Kier alpha value is -3.48. The fourth-order valence-electron chi connectivity index (χ4n) is 2.92. The van der Waals surface area contributed by atoms with Gasteiger partial charge in [0, 0.05) is 43.0 Å². The first-order valence-corrected chi connectivity index (χ1v) is 8.22. The molecule has 3 aromatic heterocycles. The molecule has 0 fully saturated rings. The van der Waals surface area contributed by atoms with Crippen molar-refractivity contribution in [1.82, 2.24) is 24.5 Å². The summed E-state index contributed by atoms with van der Waals surface area (Å²) in [6.07, 6.45) is 3.55. The summed E-state index contributed by atoms with van der Waals surface area (Å²) in [5.74, 6) is 0.294. The molecule has 0 aliphatic rings. The molecule has 7 nitrogen and oxygen atoms in total. The summed E-state index contributed by atoms with van der Waals surface area (Å²) < 4.78 is 3.44. The molecule has 0 unspecified atom stereocenters. The van der Waals surface area contributed by atoms with Gasteiger partial charge in [-0.15, -0.1) is 0 Å². The van der Waals surface area contributed by atoms with Gasteiger partial charge in [0.1, 0.15) is 0 Å². The molecule has 1 N–H and O–H groups in total. The van der Waals surface area contributed by atoms with E-state index in [4.69, 9.17) is 4.98 Å². The molecule has 7 heteroatoms. The Morgan fingerprint density at radius 1 is 1.15 bits per heavy atom. The summed E-state index contributed by atoms with van der Waals surface area (Å²) in [6, 6.07) is 11.2. The van der Waals surface area contributed by atoms with E-state index in [1.807, 2.05) is 44.3 Å². The molecule has 3 heterocycles. The number of carbonyl (C=O) groups excluding carboxylic acids is 1. The Balaban J connectivity index is 1.84. The number of nitrogens with zero attached hydrogens (tertiary/aromatic N) is 5. The van der Waals surface area contributed by atoms with Gasteiger partial charge in [-0.2, -0.15) is 10.2 Å². The number of carbonyl (C=O) groups is 1. The van der Waals surface area contributed by atoms with Crippen molar-refractivity contribution in [3.05, 3.63) is 60.0 Å². The summed E-state index contributed by atoms with van der Waals surface area (Å²) in [5.41, 5.74) is 3.94. The standard InChI is InChI=1S/C19H18N6O/c1-12-15(11-20-25(12)3)17-10-14(13-6-4-5-7-16(13)21-17)19(26)22-18-8-9-24(2)23-18/h4-11H,1-3H3,(H,22,23,26). The predicted octanol–water partition coefficient (Wildman–Crippen LogP) is 2.93. The highest BCUT2D eigenvalue weighted by molar-refractivity contribution is 6.12. The lowest BCUT2D eigenvalue weighted by molar-refractivity contribution is 0.102. The second kappa shape index (κ2) is 6.11. The van der Waals surface area contributed by atoms with Crippen LogP contribution in [0.3, 0.4) is 0 Å². The Morgan fingerprint density at radius 3 is 2.65 bits per heavy atom. The van der Waals surface area contributed by atoms with E-state index in [9.17, 15) is 4.79 Å². The minimum absolute atomic E-state index is 0.218. The van der Waals surface area contributed by atoms with Gasteiger partial charge in [0.25, 0.3) is 5.91 Å². The molecular weight excluding hydrogens is 328 g/mol. The molecule has 4 rings (SSSR count). The van der Waals surface area contributed by atoms with Gasteiger partial charge in [0.05, 0.1) is 23.0 Å². The molecular formula is C19H18N6O. The molecule has 1 amide bonds. The SMILES string of the molecule is Cc1c(-c2cc(C(=O)Nc3ccn(C)n3)c3ccccc3n2)cnn1C. The summed E-state index contributed by atoms with van der Waals surface area (Å²) in [7, 11) is 3.69. The zero-order valence-corrected chi connectivity index (χ0v) is 14.8. The van der Waals surface area contributed by atoms with Gasteiger partial charge in [0.15, 0.2) is 5.82 Å². The third-order valence-corrected chi connectivity index (χ3v) is 4.43. The van der Waals surface area contributed by atoms with E-state index in [1.165, 1.54) is 0 Å². The third kappa shape index (κ3) is 2.73. The molecule has 0 spiro atoms. The first kappa shape index (κ1) is 16.0. The van der Waals surface area contributed by atoms with Crippen LogP contribution in [0.25, 0.3) is 22.2 Å². The smallest absolute Gasteiger partial charge is 0.257 e. The highest BCUT2D eigenvalue weighted by atomic mass is 16.1. The lowest BCUT2D eigenvalue weighted by Crippen LogP contribution is -2.13. The van der Waals surface area contributed by atoms with Crippen molar-refractivity contribution in [3.63, 3.8) is 0 Å². The minimum Gasteiger partial charge on any atom is -0.305 e. The number of fused-ring (bicyclic) bond motifs is 1. The monoisotopic (exact) mass is 346 g/mol. The zero-order valence-electron chi connectivity index (χ0n) is 14.8. The molecule has 1 aromatic carbocycles. The van der Waals surface area contributed by atoms with E-state index in [0.717, 1.165) is 27.9 Å². The molecule has 0 radical (unpaired) electrons. The first-order chi connectivity index (χ1) is 12.5. The molecule has 0 atom stereocenters. The highest BCUT2D eigenvalue weighted by Crippen LogP contribution is 2.27. The number of aryl methyl sites for hydroxylation is 2. The van der Waals surface area contributed by atoms with E-state index in [1.54, 1.807) is 34.9 Å². The molecule has 130 valence electrons. The number of anilines is 1. The number of pyridine rings is 1. The van der Waals surface area contributed by atoms with Crippen LogP contribution in [-0.4, -0.2) is 30.5 Å². The number of rotatable bonds is 3. The van der Waals surface area contributed by atoms with Gasteiger partial charge in [-0.1, -0.05) is 18.2 Å². The lowest BCUT2D eigenvalue weighted by Gasteiger charge is -2.09. The molecule has 0 saturated carbocycles. The quantitative estimate of drug-likeness (QED) is 0.619. The molecule has 0 saturated heterocycles. The van der Waals surface area contributed by atoms with Crippen molar-refractivity contribution >= 4 is 22.6 Å². The Kier molecular flexibility index (Phi) is 3.76. The number of amides is 1. The number of para-hydroxylation sites is 1. The van der Waals surface area contributed by atoms with Crippen LogP contribution in [0.15, 0.2) is 48.8 Å². The Bertz CT molecular complexity index is 1120. The first-order valence-electron chi connectivity index (χ1n) is 8.22. The average Bonchev–Trinajstić information content (AvgIpc) is 3.19. The van der Waals surface area contributed by atoms with Crippen LogP contribution in [0.4, 0.5) is 5.82 Å². The van der Waals surface area contributed by atoms with Crippen molar-refractivity contribution in [2.75, 3.05) is 5.32 Å². The van der Waals surface area contributed by atoms with E-state index in [-0.39, 0.29) is 5.91 Å². The fourth-order valence-corrected chi connectivity index (χ4v) is 2.92. The molecule has 0 bridgehead atoms. The Morgan fingerprint density at radius 2 is 1.96 bits per heavy atom. The summed E-state index contributed by atoms with van der Waals surface area (Å²) >= 11 is 0. The number of hydrogen-bond donors (Lipinski definition) is 1. The number of hydrogen-bond acceptors (Lipinski definition) is 4. The summed E-state index contributed by atoms with van der Waals surface area (Å²) in [4.78, 5) is 17.6. The van der Waals surface area contributed by atoms with E-state index in [0.29, 0.717) is 11.4 Å². The van der Waals surface area contributed by atoms with E-state index >= 15 is 0 Å². The van der Waals surface area contributed by atoms with Crippen molar-refractivity contribution in [2.24, 2.45) is 14.1 Å². The third-order valence-electron chi connectivity index (χ3n) is 4.43. The van der Waals surface area contributed by atoms with Gasteiger partial charge >= 0.3 is 0 Å². The lowest BCUT2D eigenvalue weighted by atomic mass is 10.0. The second-order valence-electron chi connectivity index (χ2n) is 6.17. The van der Waals surface area contributed by atoms with Crippen LogP contribution in [0.2, 0.25) is 0 Å². The van der Waals surface area contributed by atoms with Crippen LogP contribution < -0.4 is 5.32 Å². The van der Waals surface area contributed by atoms with Gasteiger partial charge < -0.3 is 5.32 Å². The number of aromatic nitrogens is 5. The maximum absolute atomic E-state index is 12.9. The van der Waals surface area contributed by atoms with Crippen LogP contribution in [0.5, 0.6) is 0 Å². The average molecular weight is 346 g/mol. The van der Waals surface area contributed by atoms with Gasteiger partial charge in [-0.25, -0.2) is 4.98 Å². The highest BCUT2D eigenvalue weighted by Gasteiger charge is 2.17. The summed E-state index contributed by atoms with van der Waals surface area (Å²) in [6.45, 7) is 1.98. The number of benzene rings is 1. The topological polar surface area (TPSA) is 77.6 Å². The van der Waals surface area contributed by atoms with Gasteiger partial charge in [0.2, 0.25) is 0 Å². The zero-order chi connectivity index (χ0) is 18.3. The van der Waals surface area contributed by atoms with E-state index in [2.05, 4.69) is 15.5 Å². The maximum atomic E-state index is 12.9. The Labute approximate surface area is 150 Å². The van der Waals surface area contributed by atoms with Crippen LogP contribution in [0.1, 0.15) is 16.1 Å². The molecule has 26 heavy (non-hydrogen) atoms. The van der Waals surface area contributed by atoms with Crippen LogP contribution >= 0.6 is 0 Å². The normalized spacial score (nSPS) is 11.0. The van der Waals surface area contributed by atoms with Gasteiger partial charge in [-0.3, -0.25) is 14.2 Å². The van der Waals surface area contributed by atoms with Crippen molar-refractivity contribution in [3.8, 4) is 11.3 Å². The van der Waals surface area contributed by atoms with Crippen molar-refractivity contribution < 1.29 is 4.79 Å². The van der Waals surface area contributed by atoms with Crippen LogP contribution in [0, 0.1) is 6.92 Å². The second-order valence-corrected chi connectivity index (χ2v) is 6.17. The fraction of sp³-hybridized carbons (Fsp3) is 0.158. The van der Waals surface area contributed by atoms with Crippen LogP contribution in [-0.2, 0) is 14.1 Å². The largest absolute Gasteiger partial charge is 0.305 e. The van der Waals surface area contributed by atoms with Gasteiger partial charge in [-0.05, 0) is 19.1 Å². The van der Waals surface area contributed by atoms with Crippen molar-refractivity contribution in [2.45, 2.75) is 6.92 Å². The molecule has 0 aliphatic heterocycles. The van der Waals surface area contributed by atoms with E-state index < -0.39 is 0 Å². The van der Waals surface area contributed by atoms with Crippen molar-refractivity contribution in [1.29, 1.82) is 0 Å². The molecule has 4 aromatic rings. The maximum Gasteiger partial charge on any atom is 0.257 e. The minimum atomic E-state index is -0.218. The summed E-state index contributed by atoms with van der Waals surface area (Å²) in [5, 5.41) is 12.1. The predicted molar refractivity (Wildman–Crippen MR) is 99.8 cm³/mol. The number of nitrogens with one attached hydrogen (secondary N) is 1. The molecule has 0 aliphatic carbocycles.